The van der Waals surface area contributed by atoms with Crippen LogP contribution in [-0.4, -0.2) is 9.55 Å². The standard InChI is InChI=1S/C65H73N4O.Pt/c1-60(2,3)43-26-29-55-52(35-43)51-28-27-50(38-56(51)69(55)59-36-44(30-31-66-59)65(16,17)42-22-19-18-20-23-42)70-49-25-21-24-47(37-49)67-41-68(48-33-45(61(4,5)6)32-46(34-48)62(7,8)9)58-40-54(64(13,14)15)53(39-57(58)67)63(10,11)12;/h18-36,39-41H,1-17H3;/q-3;. The van der Waals surface area contributed by atoms with Gasteiger partial charge in [-0.2, -0.15) is 12.1 Å². The van der Waals surface area contributed by atoms with E-state index >= 15 is 0 Å². The molecule has 0 fully saturated rings. The van der Waals surface area contributed by atoms with E-state index in [2.05, 4.69) is 260 Å². The monoisotopic (exact) mass is 1120 g/mol. The molecule has 6 aromatic carbocycles. The summed E-state index contributed by atoms with van der Waals surface area (Å²) >= 11 is 0. The van der Waals surface area contributed by atoms with E-state index in [4.69, 9.17) is 9.72 Å². The Bertz CT molecular complexity index is 3240. The van der Waals surface area contributed by atoms with Crippen LogP contribution in [0.15, 0.2) is 128 Å². The summed E-state index contributed by atoms with van der Waals surface area (Å²) < 4.78 is 9.08. The van der Waals surface area contributed by atoms with Gasteiger partial charge >= 0.3 is 0 Å². The van der Waals surface area contributed by atoms with Gasteiger partial charge in [0.2, 0.25) is 0 Å². The normalized spacial score (nSPS) is 13.8. The first-order valence-electron chi connectivity index (χ1n) is 25.1. The fraction of sp³-hybridized carbons (Fsp3) is 0.354. The molecular weight excluding hydrogens is 1050 g/mol. The first-order valence-corrected chi connectivity index (χ1v) is 25.1. The maximum atomic E-state index is 6.84. The van der Waals surface area contributed by atoms with Crippen LogP contribution in [-0.2, 0) is 53.6 Å². The van der Waals surface area contributed by atoms with Gasteiger partial charge in [-0.05, 0) is 114 Å². The van der Waals surface area contributed by atoms with Crippen LogP contribution in [0.25, 0.3) is 27.6 Å². The van der Waals surface area contributed by atoms with Crippen molar-refractivity contribution in [1.82, 2.24) is 9.55 Å². The minimum atomic E-state index is -0.241. The van der Waals surface area contributed by atoms with Crippen LogP contribution in [0, 0.1) is 18.8 Å². The molecular formula is C65H73N4OPt-3. The molecule has 71 heavy (non-hydrogen) atoms. The van der Waals surface area contributed by atoms with Gasteiger partial charge in [-0.15, -0.1) is 48.1 Å². The number of hydrogen-bond acceptors (Lipinski definition) is 4. The maximum absolute atomic E-state index is 6.84. The predicted octanol–water partition coefficient (Wildman–Crippen LogP) is 17.8. The molecule has 0 atom stereocenters. The summed E-state index contributed by atoms with van der Waals surface area (Å²) in [4.78, 5) is 9.71. The number of hydrogen-bond donors (Lipinski definition) is 0. The molecule has 0 spiro atoms. The molecule has 0 saturated carbocycles. The zero-order valence-electron chi connectivity index (χ0n) is 45.2. The smallest absolute Gasteiger partial charge is 0.135 e. The van der Waals surface area contributed by atoms with Gasteiger partial charge in [-0.25, -0.2) is 4.98 Å². The minimum absolute atomic E-state index is 0. The molecule has 5 nitrogen and oxygen atoms in total. The van der Waals surface area contributed by atoms with Crippen molar-refractivity contribution in [3.8, 4) is 17.3 Å². The van der Waals surface area contributed by atoms with Crippen molar-refractivity contribution >= 4 is 44.6 Å². The summed E-state index contributed by atoms with van der Waals surface area (Å²) in [6, 6.07) is 51.8. The Morgan fingerprint density at radius 1 is 0.465 bits per heavy atom. The summed E-state index contributed by atoms with van der Waals surface area (Å²) in [6.45, 7) is 41.4. The van der Waals surface area contributed by atoms with Crippen LogP contribution in [0.5, 0.6) is 11.5 Å². The van der Waals surface area contributed by atoms with Crippen molar-refractivity contribution in [2.75, 3.05) is 9.80 Å². The fourth-order valence-electron chi connectivity index (χ4n) is 9.85. The molecule has 0 radical (unpaired) electrons. The maximum Gasteiger partial charge on any atom is 0.135 e. The third kappa shape index (κ3) is 9.98. The Morgan fingerprint density at radius 3 is 1.65 bits per heavy atom. The quantitative estimate of drug-likeness (QED) is 0.149. The second-order valence-electron chi connectivity index (χ2n) is 25.3. The average molecular weight is 1120 g/mol. The van der Waals surface area contributed by atoms with E-state index in [0.717, 1.165) is 50.4 Å². The summed E-state index contributed by atoms with van der Waals surface area (Å²) in [5.41, 5.74) is 14.8. The van der Waals surface area contributed by atoms with E-state index in [-0.39, 0.29) is 53.6 Å². The molecule has 0 N–H and O–H groups in total. The van der Waals surface area contributed by atoms with E-state index in [1.165, 1.54) is 38.9 Å². The Balaban J connectivity index is 0.00000676. The SMILES string of the molecule is CC(C)(C)c1cc(N2[CH-]N(c3[c-]c(Oc4[c-]c5c(cc4)c4cc(C(C)(C)C)ccc4n5-c4cc(C(C)(C)c5ccccc5)ccn4)ccc3)c3cc(C(C)(C)C)c(C(C)(C)C)cc32)cc(C(C)(C)C)c1.[Pt]. The summed E-state index contributed by atoms with van der Waals surface area (Å²) in [7, 11) is 0. The number of pyridine rings is 1. The minimum Gasteiger partial charge on any atom is -0.509 e. The van der Waals surface area contributed by atoms with Gasteiger partial charge in [0.1, 0.15) is 5.82 Å². The van der Waals surface area contributed by atoms with Gasteiger partial charge in [0.25, 0.3) is 0 Å². The van der Waals surface area contributed by atoms with E-state index in [9.17, 15) is 0 Å². The van der Waals surface area contributed by atoms with Crippen LogP contribution in [0.3, 0.4) is 0 Å². The zero-order chi connectivity index (χ0) is 50.5. The van der Waals surface area contributed by atoms with E-state index in [1.807, 2.05) is 18.3 Å². The van der Waals surface area contributed by atoms with Crippen LogP contribution >= 0.6 is 0 Å². The van der Waals surface area contributed by atoms with Gasteiger partial charge in [0, 0.05) is 66.8 Å². The van der Waals surface area contributed by atoms with Gasteiger partial charge in [-0.3, -0.25) is 0 Å². The molecule has 0 unspecified atom stereocenters. The Labute approximate surface area is 439 Å². The van der Waals surface area contributed by atoms with Crippen molar-refractivity contribution < 1.29 is 25.8 Å². The summed E-state index contributed by atoms with van der Waals surface area (Å²) in [5.74, 6) is 2.05. The van der Waals surface area contributed by atoms with Crippen LogP contribution < -0.4 is 14.5 Å². The molecule has 372 valence electrons. The Hall–Kier alpha value is -5.64. The van der Waals surface area contributed by atoms with Crippen molar-refractivity contribution in [3.63, 3.8) is 0 Å². The van der Waals surface area contributed by atoms with Crippen LogP contribution in [0.4, 0.5) is 22.7 Å². The zero-order valence-corrected chi connectivity index (χ0v) is 47.5. The first kappa shape index (κ1) is 51.7. The van der Waals surface area contributed by atoms with Gasteiger partial charge in [-0.1, -0.05) is 172 Å². The summed E-state index contributed by atoms with van der Waals surface area (Å²) in [5, 5.41) is 2.26. The number of nitrogens with zero attached hydrogens (tertiary/aromatic N) is 4. The van der Waals surface area contributed by atoms with Crippen LogP contribution in [0.2, 0.25) is 0 Å². The number of benzene rings is 6. The predicted molar refractivity (Wildman–Crippen MR) is 296 cm³/mol. The Kier molecular flexibility index (Phi) is 13.2. The van der Waals surface area contributed by atoms with Crippen molar-refractivity contribution in [2.45, 2.75) is 150 Å². The molecule has 3 heterocycles. The van der Waals surface area contributed by atoms with Gasteiger partial charge in [0.15, 0.2) is 0 Å². The average Bonchev–Trinajstić information content (AvgIpc) is 3.83. The summed E-state index contributed by atoms with van der Waals surface area (Å²) in [6.07, 6.45) is 1.94. The van der Waals surface area contributed by atoms with E-state index in [1.54, 1.807) is 0 Å². The number of rotatable bonds is 7. The van der Waals surface area contributed by atoms with Gasteiger partial charge < -0.3 is 19.1 Å². The first-order chi connectivity index (χ1) is 32.6. The molecule has 2 aromatic heterocycles. The molecule has 0 bridgehead atoms. The molecule has 8 aromatic rings. The number of ether oxygens (including phenoxy) is 1. The molecule has 1 aliphatic heterocycles. The molecule has 0 amide bonds. The van der Waals surface area contributed by atoms with E-state index < -0.39 is 0 Å². The second kappa shape index (κ2) is 18.1. The number of fused-ring (bicyclic) bond motifs is 4. The molecule has 1 aliphatic rings. The third-order valence-electron chi connectivity index (χ3n) is 14.3. The molecule has 0 aliphatic carbocycles. The largest absolute Gasteiger partial charge is 0.509 e. The third-order valence-corrected chi connectivity index (χ3v) is 14.3. The Morgan fingerprint density at radius 2 is 1.06 bits per heavy atom. The molecule has 9 rings (SSSR count). The fourth-order valence-corrected chi connectivity index (χ4v) is 9.85. The number of aromatic nitrogens is 2. The molecule has 0 saturated heterocycles. The van der Waals surface area contributed by atoms with Crippen molar-refractivity contribution in [3.05, 3.63) is 185 Å². The van der Waals surface area contributed by atoms with Crippen LogP contribution in [0.1, 0.15) is 157 Å². The number of anilines is 4. The van der Waals surface area contributed by atoms with Crippen molar-refractivity contribution in [2.24, 2.45) is 0 Å². The van der Waals surface area contributed by atoms with E-state index in [0.29, 0.717) is 11.5 Å². The second-order valence-corrected chi connectivity index (χ2v) is 25.3. The van der Waals surface area contributed by atoms with Gasteiger partial charge in [0.05, 0.1) is 0 Å². The van der Waals surface area contributed by atoms with Crippen molar-refractivity contribution in [1.29, 1.82) is 0 Å². The topological polar surface area (TPSA) is 33.5 Å². The molecule has 6 heteroatoms.